The zero-order valence-electron chi connectivity index (χ0n) is 15.9. The molecule has 0 aliphatic carbocycles. The van der Waals surface area contributed by atoms with Gasteiger partial charge < -0.3 is 10.2 Å². The topological polar surface area (TPSA) is 45.2 Å². The van der Waals surface area contributed by atoms with E-state index in [-0.39, 0.29) is 24.8 Å². The molecular weight excluding hydrogens is 389 g/mol. The fourth-order valence-electron chi connectivity index (χ4n) is 3.81. The first-order chi connectivity index (χ1) is 11.6. The van der Waals surface area contributed by atoms with Crippen LogP contribution in [0, 0.1) is 5.92 Å². The highest BCUT2D eigenvalue weighted by Gasteiger charge is 2.27. The van der Waals surface area contributed by atoms with Crippen molar-refractivity contribution >= 4 is 42.1 Å². The molecule has 3 heterocycles. The van der Waals surface area contributed by atoms with Crippen LogP contribution in [0.25, 0.3) is 0 Å². The lowest BCUT2D eigenvalue weighted by Gasteiger charge is -2.32. The van der Waals surface area contributed by atoms with Crippen LogP contribution in [-0.4, -0.2) is 42.0 Å². The molecule has 1 N–H and O–H groups in total. The van der Waals surface area contributed by atoms with Crippen LogP contribution in [-0.2, 0) is 4.79 Å². The summed E-state index contributed by atoms with van der Waals surface area (Å²) in [5.74, 6) is 2.03. The van der Waals surface area contributed by atoms with Crippen molar-refractivity contribution < 1.29 is 4.79 Å². The van der Waals surface area contributed by atoms with Crippen LogP contribution in [0.2, 0.25) is 0 Å². The quantitative estimate of drug-likeness (QED) is 0.755. The largest absolute Gasteiger partial charge is 0.342 e. The minimum absolute atomic E-state index is 0. The number of thiazole rings is 1. The van der Waals surface area contributed by atoms with Gasteiger partial charge in [0.1, 0.15) is 0 Å². The molecule has 1 aromatic rings. The van der Waals surface area contributed by atoms with Crippen LogP contribution in [0.5, 0.6) is 0 Å². The van der Waals surface area contributed by atoms with E-state index >= 15 is 0 Å². The minimum atomic E-state index is 0. The molecule has 2 aliphatic heterocycles. The van der Waals surface area contributed by atoms with Crippen molar-refractivity contribution in [3.8, 4) is 0 Å². The summed E-state index contributed by atoms with van der Waals surface area (Å²) >= 11 is 1.78. The lowest BCUT2D eigenvalue weighted by molar-refractivity contribution is -0.132. The Morgan fingerprint density at radius 2 is 2.04 bits per heavy atom. The van der Waals surface area contributed by atoms with E-state index in [0.29, 0.717) is 17.7 Å². The number of piperidine rings is 2. The fourth-order valence-corrected chi connectivity index (χ4v) is 4.92. The third-order valence-corrected chi connectivity index (χ3v) is 6.51. The van der Waals surface area contributed by atoms with Crippen LogP contribution in [0.3, 0.4) is 0 Å². The molecule has 1 aromatic heterocycles. The van der Waals surface area contributed by atoms with Crippen LogP contribution >= 0.6 is 36.2 Å². The van der Waals surface area contributed by atoms with Gasteiger partial charge in [-0.05, 0) is 57.0 Å². The van der Waals surface area contributed by atoms with E-state index in [4.69, 9.17) is 4.98 Å². The SMILES string of the molecule is CC(C)c1csc(C2CCCN(C(=O)CCC3CCNCC3)C2)n1.Cl.Cl. The highest BCUT2D eigenvalue weighted by molar-refractivity contribution is 7.09. The number of rotatable bonds is 5. The first-order valence-electron chi connectivity index (χ1n) is 9.57. The second-order valence-electron chi connectivity index (χ2n) is 7.68. The summed E-state index contributed by atoms with van der Waals surface area (Å²) in [6, 6.07) is 0. The first kappa shape index (κ1) is 23.7. The number of hydrogen-bond donors (Lipinski definition) is 1. The predicted molar refractivity (Wildman–Crippen MR) is 114 cm³/mol. The number of carbonyl (C=O) groups excluding carboxylic acids is 1. The van der Waals surface area contributed by atoms with Gasteiger partial charge in [0.2, 0.25) is 5.91 Å². The van der Waals surface area contributed by atoms with Crippen molar-refractivity contribution in [3.05, 3.63) is 16.1 Å². The smallest absolute Gasteiger partial charge is 0.222 e. The lowest BCUT2D eigenvalue weighted by atomic mass is 9.92. The minimum Gasteiger partial charge on any atom is -0.342 e. The summed E-state index contributed by atoms with van der Waals surface area (Å²) in [5.41, 5.74) is 1.20. The Hall–Kier alpha value is -0.360. The van der Waals surface area contributed by atoms with E-state index in [1.807, 2.05) is 0 Å². The molecule has 4 nitrogen and oxygen atoms in total. The number of carbonyl (C=O) groups is 1. The van der Waals surface area contributed by atoms with Crippen molar-refractivity contribution in [3.63, 3.8) is 0 Å². The van der Waals surface area contributed by atoms with Gasteiger partial charge in [0.05, 0.1) is 10.7 Å². The molecule has 0 aromatic carbocycles. The summed E-state index contributed by atoms with van der Waals surface area (Å²) in [6.45, 7) is 8.42. The van der Waals surface area contributed by atoms with Crippen LogP contribution in [0.15, 0.2) is 5.38 Å². The van der Waals surface area contributed by atoms with Crippen LogP contribution < -0.4 is 5.32 Å². The summed E-state index contributed by atoms with van der Waals surface area (Å²) in [6.07, 6.45) is 6.53. The van der Waals surface area contributed by atoms with Crippen molar-refractivity contribution in [2.24, 2.45) is 5.92 Å². The predicted octanol–water partition coefficient (Wildman–Crippen LogP) is 4.60. The van der Waals surface area contributed by atoms with Gasteiger partial charge in [-0.25, -0.2) is 4.98 Å². The molecule has 7 heteroatoms. The normalized spacial score (nSPS) is 21.2. The van der Waals surface area contributed by atoms with Crippen molar-refractivity contribution in [2.75, 3.05) is 26.2 Å². The molecule has 0 radical (unpaired) electrons. The molecular formula is C19H33Cl2N3OS. The Morgan fingerprint density at radius 1 is 1.31 bits per heavy atom. The summed E-state index contributed by atoms with van der Waals surface area (Å²) in [5, 5.41) is 6.82. The highest BCUT2D eigenvalue weighted by Crippen LogP contribution is 2.31. The number of aromatic nitrogens is 1. The van der Waals surface area contributed by atoms with E-state index in [1.54, 1.807) is 11.3 Å². The summed E-state index contributed by atoms with van der Waals surface area (Å²) in [7, 11) is 0. The molecule has 0 spiro atoms. The number of likely N-dealkylation sites (tertiary alicyclic amines) is 1. The molecule has 0 saturated carbocycles. The first-order valence-corrected chi connectivity index (χ1v) is 10.4. The second-order valence-corrected chi connectivity index (χ2v) is 8.57. The number of nitrogens with zero attached hydrogens (tertiary/aromatic N) is 2. The molecule has 0 bridgehead atoms. The molecule has 2 aliphatic rings. The Labute approximate surface area is 174 Å². The maximum absolute atomic E-state index is 12.6. The van der Waals surface area contributed by atoms with E-state index in [9.17, 15) is 4.79 Å². The van der Waals surface area contributed by atoms with Gasteiger partial charge in [-0.1, -0.05) is 13.8 Å². The van der Waals surface area contributed by atoms with Gasteiger partial charge >= 0.3 is 0 Å². The molecule has 2 saturated heterocycles. The summed E-state index contributed by atoms with van der Waals surface area (Å²) in [4.78, 5) is 19.5. The molecule has 150 valence electrons. The van der Waals surface area contributed by atoms with Gasteiger partial charge in [0, 0.05) is 30.8 Å². The fraction of sp³-hybridized carbons (Fsp3) is 0.789. The monoisotopic (exact) mass is 421 g/mol. The van der Waals surface area contributed by atoms with E-state index in [0.717, 1.165) is 51.4 Å². The van der Waals surface area contributed by atoms with E-state index < -0.39 is 0 Å². The van der Waals surface area contributed by atoms with E-state index in [1.165, 1.54) is 30.0 Å². The number of amides is 1. The zero-order valence-corrected chi connectivity index (χ0v) is 18.4. The molecule has 1 amide bonds. The van der Waals surface area contributed by atoms with Gasteiger partial charge in [0.15, 0.2) is 0 Å². The molecule has 1 unspecified atom stereocenters. The van der Waals surface area contributed by atoms with Crippen LogP contribution in [0.1, 0.15) is 74.9 Å². The van der Waals surface area contributed by atoms with E-state index in [2.05, 4.69) is 29.4 Å². The van der Waals surface area contributed by atoms with Gasteiger partial charge in [-0.15, -0.1) is 36.2 Å². The van der Waals surface area contributed by atoms with Crippen molar-refractivity contribution in [1.29, 1.82) is 0 Å². The Morgan fingerprint density at radius 3 is 2.69 bits per heavy atom. The molecule has 2 fully saturated rings. The van der Waals surface area contributed by atoms with Gasteiger partial charge in [-0.2, -0.15) is 0 Å². The Bertz CT molecular complexity index is 547. The summed E-state index contributed by atoms with van der Waals surface area (Å²) < 4.78 is 0. The highest BCUT2D eigenvalue weighted by atomic mass is 35.5. The Kier molecular flexibility index (Phi) is 10.5. The zero-order chi connectivity index (χ0) is 16.9. The number of nitrogens with one attached hydrogen (secondary N) is 1. The molecule has 3 rings (SSSR count). The van der Waals surface area contributed by atoms with Crippen molar-refractivity contribution in [1.82, 2.24) is 15.2 Å². The van der Waals surface area contributed by atoms with Gasteiger partial charge in [-0.3, -0.25) is 4.79 Å². The number of hydrogen-bond acceptors (Lipinski definition) is 4. The molecule has 1 atom stereocenters. The van der Waals surface area contributed by atoms with Crippen molar-refractivity contribution in [2.45, 2.75) is 64.2 Å². The lowest BCUT2D eigenvalue weighted by Crippen LogP contribution is -2.39. The standard InChI is InChI=1S/C19H31N3OS.2ClH/c1-14(2)17-13-24-19(21-17)16-4-3-11-22(12-16)18(23)6-5-15-7-9-20-10-8-15;;/h13-16,20H,3-12H2,1-2H3;2*1H. The average molecular weight is 422 g/mol. The maximum atomic E-state index is 12.6. The molecule has 26 heavy (non-hydrogen) atoms. The van der Waals surface area contributed by atoms with Crippen LogP contribution in [0.4, 0.5) is 0 Å². The third kappa shape index (κ3) is 6.36. The van der Waals surface area contributed by atoms with Gasteiger partial charge in [0.25, 0.3) is 0 Å². The second kappa shape index (κ2) is 11.5. The maximum Gasteiger partial charge on any atom is 0.222 e. The average Bonchev–Trinajstić information content (AvgIpc) is 3.11. The Balaban J connectivity index is 0.00000169. The third-order valence-electron chi connectivity index (χ3n) is 5.48. The number of halogens is 2.